The van der Waals surface area contributed by atoms with Crippen LogP contribution >= 0.6 is 0 Å². The van der Waals surface area contributed by atoms with Gasteiger partial charge in [-0.3, -0.25) is 14.7 Å². The van der Waals surface area contributed by atoms with Gasteiger partial charge in [-0.15, -0.1) is 0 Å². The number of ether oxygens (including phenoxy) is 2. The van der Waals surface area contributed by atoms with Gasteiger partial charge in [0, 0.05) is 26.7 Å². The van der Waals surface area contributed by atoms with Crippen molar-refractivity contribution < 1.29 is 18.7 Å². The Hall–Kier alpha value is -2.58. The summed E-state index contributed by atoms with van der Waals surface area (Å²) in [5.74, 6) is -0.241. The van der Waals surface area contributed by atoms with E-state index in [1.807, 2.05) is 6.92 Å². The molecule has 2 aromatic rings. The number of aromatic nitrogens is 2. The van der Waals surface area contributed by atoms with E-state index in [0.29, 0.717) is 26.2 Å². The predicted octanol–water partition coefficient (Wildman–Crippen LogP) is 1.66. The number of hydrogen-bond donors (Lipinski definition) is 1. The van der Waals surface area contributed by atoms with Crippen molar-refractivity contribution in [3.8, 4) is 11.6 Å². The van der Waals surface area contributed by atoms with Crippen LogP contribution in [-0.4, -0.2) is 53.6 Å². The quantitative estimate of drug-likeness (QED) is 0.874. The predicted molar refractivity (Wildman–Crippen MR) is 92.3 cm³/mol. The molecule has 0 unspecified atom stereocenters. The highest BCUT2D eigenvalue weighted by molar-refractivity contribution is 5.80. The minimum Gasteiger partial charge on any atom is -0.434 e. The Morgan fingerprint density at radius 1 is 1.42 bits per heavy atom. The Morgan fingerprint density at radius 3 is 2.96 bits per heavy atom. The van der Waals surface area contributed by atoms with Gasteiger partial charge in [0.25, 0.3) is 0 Å². The zero-order valence-corrected chi connectivity index (χ0v) is 14.7. The molecule has 1 N–H and O–H groups in total. The molecule has 1 amide bonds. The molecule has 0 radical (unpaired) electrons. The summed E-state index contributed by atoms with van der Waals surface area (Å²) in [6.45, 7) is 4.04. The average Bonchev–Trinajstić information content (AvgIpc) is 2.65. The van der Waals surface area contributed by atoms with E-state index in [0.717, 1.165) is 11.3 Å². The molecule has 1 aromatic heterocycles. The Bertz CT molecular complexity index is 770. The van der Waals surface area contributed by atoms with Crippen LogP contribution in [-0.2, 0) is 16.1 Å². The van der Waals surface area contributed by atoms with Crippen LogP contribution in [0, 0.1) is 12.7 Å². The highest BCUT2D eigenvalue weighted by Crippen LogP contribution is 2.23. The van der Waals surface area contributed by atoms with Crippen molar-refractivity contribution in [3.05, 3.63) is 47.7 Å². The lowest BCUT2D eigenvalue weighted by atomic mass is 10.2. The maximum atomic E-state index is 13.8. The van der Waals surface area contributed by atoms with Gasteiger partial charge in [-0.2, -0.15) is 0 Å². The molecule has 26 heavy (non-hydrogen) atoms. The molecule has 2 heterocycles. The standard InChI is InChI=1S/C18H21FN4O3/c1-12-3-4-15(14(19)7-12)26-17-9-21-13(8-22-17)10-23-5-6-25-16(11-23)18(24)20-2/h3-4,7-9,16H,5-6,10-11H2,1-2H3,(H,20,24)/t16-/m0/s1. The van der Waals surface area contributed by atoms with Gasteiger partial charge in [0.1, 0.15) is 6.10 Å². The summed E-state index contributed by atoms with van der Waals surface area (Å²) < 4.78 is 24.7. The maximum absolute atomic E-state index is 13.8. The van der Waals surface area contributed by atoms with E-state index < -0.39 is 11.9 Å². The minimum absolute atomic E-state index is 0.110. The first-order chi connectivity index (χ1) is 12.5. The van der Waals surface area contributed by atoms with Crippen LogP contribution in [0.25, 0.3) is 0 Å². The van der Waals surface area contributed by atoms with E-state index in [1.54, 1.807) is 25.4 Å². The zero-order chi connectivity index (χ0) is 18.5. The van der Waals surface area contributed by atoms with E-state index in [2.05, 4.69) is 20.2 Å². The molecule has 1 fully saturated rings. The lowest BCUT2D eigenvalue weighted by Crippen LogP contribution is -2.48. The molecule has 1 atom stereocenters. The fraction of sp³-hybridized carbons (Fsp3) is 0.389. The Kier molecular flexibility index (Phi) is 5.75. The molecule has 1 saturated heterocycles. The lowest BCUT2D eigenvalue weighted by Gasteiger charge is -2.31. The van der Waals surface area contributed by atoms with E-state index in [-0.39, 0.29) is 17.5 Å². The third-order valence-corrected chi connectivity index (χ3v) is 4.06. The normalized spacial score (nSPS) is 17.7. The summed E-state index contributed by atoms with van der Waals surface area (Å²) in [6.07, 6.45) is 2.57. The second-order valence-corrected chi connectivity index (χ2v) is 6.09. The topological polar surface area (TPSA) is 76.6 Å². The van der Waals surface area contributed by atoms with Crippen LogP contribution in [0.2, 0.25) is 0 Å². The summed E-state index contributed by atoms with van der Waals surface area (Å²) >= 11 is 0. The van der Waals surface area contributed by atoms with Gasteiger partial charge in [0.15, 0.2) is 11.6 Å². The third kappa shape index (κ3) is 4.53. The minimum atomic E-state index is -0.478. The molecule has 0 saturated carbocycles. The number of nitrogens with one attached hydrogen (secondary N) is 1. The van der Waals surface area contributed by atoms with Crippen LogP contribution in [0.5, 0.6) is 11.6 Å². The number of amides is 1. The van der Waals surface area contributed by atoms with Gasteiger partial charge in [0.2, 0.25) is 11.8 Å². The number of nitrogens with zero attached hydrogens (tertiary/aromatic N) is 3. The fourth-order valence-electron chi connectivity index (χ4n) is 2.67. The number of benzene rings is 1. The van der Waals surface area contributed by atoms with Crippen molar-refractivity contribution in [3.63, 3.8) is 0 Å². The van der Waals surface area contributed by atoms with Gasteiger partial charge >= 0.3 is 0 Å². The summed E-state index contributed by atoms with van der Waals surface area (Å²) in [5.41, 5.74) is 1.55. The van der Waals surface area contributed by atoms with Gasteiger partial charge < -0.3 is 14.8 Å². The van der Waals surface area contributed by atoms with Crippen molar-refractivity contribution >= 4 is 5.91 Å². The van der Waals surface area contributed by atoms with Crippen LogP contribution in [0.3, 0.4) is 0 Å². The Morgan fingerprint density at radius 2 is 2.27 bits per heavy atom. The largest absolute Gasteiger partial charge is 0.434 e. The highest BCUT2D eigenvalue weighted by atomic mass is 19.1. The number of carbonyl (C=O) groups is 1. The van der Waals surface area contributed by atoms with Gasteiger partial charge in [-0.25, -0.2) is 9.37 Å². The first kappa shape index (κ1) is 18.2. The number of halogens is 1. The summed E-state index contributed by atoms with van der Waals surface area (Å²) in [6, 6.07) is 4.73. The third-order valence-electron chi connectivity index (χ3n) is 4.06. The fourth-order valence-corrected chi connectivity index (χ4v) is 2.67. The van der Waals surface area contributed by atoms with Crippen LogP contribution < -0.4 is 10.1 Å². The molecule has 3 rings (SSSR count). The van der Waals surface area contributed by atoms with Gasteiger partial charge in [0.05, 0.1) is 24.7 Å². The van der Waals surface area contributed by atoms with Gasteiger partial charge in [-0.05, 0) is 24.6 Å². The van der Waals surface area contributed by atoms with E-state index in [9.17, 15) is 9.18 Å². The van der Waals surface area contributed by atoms with Crippen LogP contribution in [0.1, 0.15) is 11.3 Å². The van der Waals surface area contributed by atoms with Gasteiger partial charge in [-0.1, -0.05) is 6.07 Å². The summed E-state index contributed by atoms with van der Waals surface area (Å²) in [5, 5.41) is 2.59. The molecule has 138 valence electrons. The molecular weight excluding hydrogens is 339 g/mol. The van der Waals surface area contributed by atoms with Crippen LogP contribution in [0.4, 0.5) is 4.39 Å². The smallest absolute Gasteiger partial charge is 0.250 e. The highest BCUT2D eigenvalue weighted by Gasteiger charge is 2.26. The van der Waals surface area contributed by atoms with E-state index >= 15 is 0 Å². The first-order valence-electron chi connectivity index (χ1n) is 8.35. The number of likely N-dealkylation sites (N-methyl/N-ethyl adjacent to an activating group) is 1. The number of morpholine rings is 1. The number of hydrogen-bond acceptors (Lipinski definition) is 6. The SMILES string of the molecule is CNC(=O)[C@@H]1CN(Cc2cnc(Oc3ccc(C)cc3F)cn2)CCO1. The molecule has 7 nitrogen and oxygen atoms in total. The monoisotopic (exact) mass is 360 g/mol. The van der Waals surface area contributed by atoms with Crippen molar-refractivity contribution in [2.24, 2.45) is 0 Å². The molecule has 1 aromatic carbocycles. The van der Waals surface area contributed by atoms with Crippen molar-refractivity contribution in [1.29, 1.82) is 0 Å². The Labute approximate surface area is 151 Å². The van der Waals surface area contributed by atoms with Crippen molar-refractivity contribution in [2.75, 3.05) is 26.7 Å². The zero-order valence-electron chi connectivity index (χ0n) is 14.7. The summed E-state index contributed by atoms with van der Waals surface area (Å²) in [4.78, 5) is 22.3. The number of rotatable bonds is 5. The number of aryl methyl sites for hydroxylation is 1. The molecular formula is C18H21FN4O3. The lowest BCUT2D eigenvalue weighted by molar-refractivity contribution is -0.138. The van der Waals surface area contributed by atoms with Crippen LogP contribution in [0.15, 0.2) is 30.6 Å². The van der Waals surface area contributed by atoms with Crippen molar-refractivity contribution in [2.45, 2.75) is 19.6 Å². The second-order valence-electron chi connectivity index (χ2n) is 6.09. The Balaban J connectivity index is 1.60. The molecule has 8 heteroatoms. The van der Waals surface area contributed by atoms with E-state index in [1.165, 1.54) is 12.3 Å². The van der Waals surface area contributed by atoms with E-state index in [4.69, 9.17) is 9.47 Å². The molecule has 0 aliphatic carbocycles. The molecule has 0 bridgehead atoms. The van der Waals surface area contributed by atoms with Crippen molar-refractivity contribution in [1.82, 2.24) is 20.2 Å². The second kappa shape index (κ2) is 8.20. The molecule has 0 spiro atoms. The molecule has 1 aliphatic heterocycles. The molecule has 1 aliphatic rings. The maximum Gasteiger partial charge on any atom is 0.250 e. The average molecular weight is 360 g/mol. The number of carbonyl (C=O) groups excluding carboxylic acids is 1. The first-order valence-corrected chi connectivity index (χ1v) is 8.35. The summed E-state index contributed by atoms with van der Waals surface area (Å²) in [7, 11) is 1.59.